The molecule has 0 aliphatic heterocycles. The van der Waals surface area contributed by atoms with Crippen molar-refractivity contribution in [3.05, 3.63) is 16.4 Å². The quantitative estimate of drug-likeness (QED) is 0.491. The number of nitrogens with one attached hydrogen (secondary N) is 2. The predicted octanol–water partition coefficient (Wildman–Crippen LogP) is 1.28. The van der Waals surface area contributed by atoms with Gasteiger partial charge in [0, 0.05) is 27.3 Å². The maximum atomic E-state index is 11.2. The molecule has 0 fully saturated rings. The summed E-state index contributed by atoms with van der Waals surface area (Å²) in [6.45, 7) is 3.29. The average molecular weight is 299 g/mol. The van der Waals surface area contributed by atoms with E-state index in [-0.39, 0.29) is 23.4 Å². The van der Waals surface area contributed by atoms with E-state index in [1.807, 2.05) is 6.92 Å². The second-order valence-corrected chi connectivity index (χ2v) is 4.30. The van der Waals surface area contributed by atoms with Crippen LogP contribution in [-0.2, 0) is 9.47 Å². The number of hydrogen-bond acceptors (Lipinski definition) is 8. The van der Waals surface area contributed by atoms with Gasteiger partial charge in [-0.25, -0.2) is 9.97 Å². The highest BCUT2D eigenvalue weighted by Crippen LogP contribution is 2.28. The summed E-state index contributed by atoms with van der Waals surface area (Å²) >= 11 is 0. The van der Waals surface area contributed by atoms with Crippen LogP contribution in [0.15, 0.2) is 6.33 Å². The van der Waals surface area contributed by atoms with Crippen LogP contribution in [0, 0.1) is 10.1 Å². The normalized spacial score (nSPS) is 12.0. The molecule has 0 aromatic carbocycles. The highest BCUT2D eigenvalue weighted by molar-refractivity contribution is 5.69. The smallest absolute Gasteiger partial charge is 0.353 e. The fraction of sp³-hybridized carbons (Fsp3) is 0.667. The summed E-state index contributed by atoms with van der Waals surface area (Å²) in [7, 11) is 3.11. The molecule has 1 aromatic rings. The lowest BCUT2D eigenvalue weighted by Gasteiger charge is -2.15. The zero-order valence-corrected chi connectivity index (χ0v) is 12.5. The Morgan fingerprint density at radius 2 is 2.00 bits per heavy atom. The molecule has 118 valence electrons. The number of nitrogens with zero attached hydrogens (tertiary/aromatic N) is 3. The van der Waals surface area contributed by atoms with Gasteiger partial charge in [0.15, 0.2) is 0 Å². The van der Waals surface area contributed by atoms with E-state index in [1.54, 1.807) is 14.2 Å². The average Bonchev–Trinajstić information content (AvgIpc) is 2.48. The highest BCUT2D eigenvalue weighted by atomic mass is 16.6. The summed E-state index contributed by atoms with van der Waals surface area (Å²) in [6, 6.07) is 0. The van der Waals surface area contributed by atoms with Crippen LogP contribution in [0.3, 0.4) is 0 Å². The molecule has 1 aromatic heterocycles. The van der Waals surface area contributed by atoms with Crippen LogP contribution in [0.2, 0.25) is 0 Å². The first-order valence-corrected chi connectivity index (χ1v) is 6.62. The van der Waals surface area contributed by atoms with Crippen molar-refractivity contribution in [2.45, 2.75) is 19.4 Å². The van der Waals surface area contributed by atoms with Crippen LogP contribution in [0.1, 0.15) is 13.3 Å². The monoisotopic (exact) mass is 299 g/mol. The molecule has 1 unspecified atom stereocenters. The second kappa shape index (κ2) is 9.03. The Kier molecular flexibility index (Phi) is 7.33. The standard InChI is InChI=1S/C12H21N5O4/c1-4-5-13-11-10(17(18)19)12(16-8-15-11)14-6-9(21-3)7-20-2/h8-9H,4-7H2,1-3H3,(H2,13,14,15,16). The fourth-order valence-electron chi connectivity index (χ4n) is 1.66. The molecule has 0 aliphatic carbocycles. The van der Waals surface area contributed by atoms with Gasteiger partial charge in [0.05, 0.1) is 17.6 Å². The van der Waals surface area contributed by atoms with Gasteiger partial charge in [-0.15, -0.1) is 0 Å². The van der Waals surface area contributed by atoms with Crippen molar-refractivity contribution < 1.29 is 14.4 Å². The van der Waals surface area contributed by atoms with Gasteiger partial charge < -0.3 is 20.1 Å². The van der Waals surface area contributed by atoms with E-state index in [0.717, 1.165) is 6.42 Å². The number of nitro groups is 1. The van der Waals surface area contributed by atoms with Crippen LogP contribution >= 0.6 is 0 Å². The van der Waals surface area contributed by atoms with Crippen molar-refractivity contribution in [1.82, 2.24) is 9.97 Å². The molecular formula is C12H21N5O4. The minimum absolute atomic E-state index is 0.159. The molecule has 1 atom stereocenters. The van der Waals surface area contributed by atoms with E-state index in [2.05, 4.69) is 20.6 Å². The van der Waals surface area contributed by atoms with E-state index >= 15 is 0 Å². The number of ether oxygens (including phenoxy) is 2. The summed E-state index contributed by atoms with van der Waals surface area (Å²) in [5.74, 6) is 0.367. The van der Waals surface area contributed by atoms with Crippen molar-refractivity contribution in [2.75, 3.05) is 44.5 Å². The molecule has 2 N–H and O–H groups in total. The molecule has 0 aliphatic rings. The van der Waals surface area contributed by atoms with Gasteiger partial charge in [-0.05, 0) is 6.42 Å². The number of rotatable bonds is 10. The molecule has 0 saturated heterocycles. The van der Waals surface area contributed by atoms with Crippen molar-refractivity contribution in [2.24, 2.45) is 0 Å². The van der Waals surface area contributed by atoms with Gasteiger partial charge in [-0.3, -0.25) is 10.1 Å². The van der Waals surface area contributed by atoms with Crippen molar-refractivity contribution in [3.63, 3.8) is 0 Å². The summed E-state index contributed by atoms with van der Waals surface area (Å²) in [4.78, 5) is 18.6. The zero-order chi connectivity index (χ0) is 15.7. The number of anilines is 2. The summed E-state index contributed by atoms with van der Waals surface area (Å²) in [6.07, 6.45) is 1.89. The van der Waals surface area contributed by atoms with Gasteiger partial charge in [-0.1, -0.05) is 6.92 Å². The van der Waals surface area contributed by atoms with Gasteiger partial charge in [-0.2, -0.15) is 0 Å². The molecule has 9 nitrogen and oxygen atoms in total. The number of hydrogen-bond donors (Lipinski definition) is 2. The van der Waals surface area contributed by atoms with Gasteiger partial charge >= 0.3 is 5.69 Å². The second-order valence-electron chi connectivity index (χ2n) is 4.30. The van der Waals surface area contributed by atoms with E-state index in [9.17, 15) is 10.1 Å². The van der Waals surface area contributed by atoms with Crippen LogP contribution in [0.5, 0.6) is 0 Å². The Morgan fingerprint density at radius 1 is 1.33 bits per heavy atom. The van der Waals surface area contributed by atoms with E-state index < -0.39 is 4.92 Å². The predicted molar refractivity (Wildman–Crippen MR) is 78.6 cm³/mol. The Bertz CT molecular complexity index is 457. The van der Waals surface area contributed by atoms with Crippen molar-refractivity contribution in [1.29, 1.82) is 0 Å². The fourth-order valence-corrected chi connectivity index (χ4v) is 1.66. The van der Waals surface area contributed by atoms with Gasteiger partial charge in [0.2, 0.25) is 11.6 Å². The third-order valence-corrected chi connectivity index (χ3v) is 2.73. The molecule has 0 spiro atoms. The van der Waals surface area contributed by atoms with Crippen molar-refractivity contribution in [3.8, 4) is 0 Å². The highest BCUT2D eigenvalue weighted by Gasteiger charge is 2.23. The summed E-state index contributed by atoms with van der Waals surface area (Å²) in [5.41, 5.74) is -0.168. The summed E-state index contributed by atoms with van der Waals surface area (Å²) < 4.78 is 10.2. The van der Waals surface area contributed by atoms with Crippen LogP contribution in [0.25, 0.3) is 0 Å². The minimum atomic E-state index is -0.502. The van der Waals surface area contributed by atoms with Gasteiger partial charge in [0.25, 0.3) is 0 Å². The van der Waals surface area contributed by atoms with E-state index in [0.29, 0.717) is 19.7 Å². The molecule has 21 heavy (non-hydrogen) atoms. The number of aromatic nitrogens is 2. The first kappa shape index (κ1) is 17.1. The first-order chi connectivity index (χ1) is 10.1. The zero-order valence-electron chi connectivity index (χ0n) is 12.5. The van der Waals surface area contributed by atoms with Crippen LogP contribution < -0.4 is 10.6 Å². The molecule has 0 saturated carbocycles. The lowest BCUT2D eigenvalue weighted by Crippen LogP contribution is -2.27. The lowest BCUT2D eigenvalue weighted by molar-refractivity contribution is -0.383. The SMILES string of the molecule is CCCNc1ncnc(NCC(COC)OC)c1[N+](=O)[O-]. The van der Waals surface area contributed by atoms with E-state index in [1.165, 1.54) is 6.33 Å². The molecule has 1 heterocycles. The molecule has 9 heteroatoms. The van der Waals surface area contributed by atoms with Crippen LogP contribution in [0.4, 0.5) is 17.3 Å². The minimum Gasteiger partial charge on any atom is -0.382 e. The number of methoxy groups -OCH3 is 2. The molecule has 0 bridgehead atoms. The molecule has 0 amide bonds. The Morgan fingerprint density at radius 3 is 2.52 bits per heavy atom. The first-order valence-electron chi connectivity index (χ1n) is 6.62. The third-order valence-electron chi connectivity index (χ3n) is 2.73. The lowest BCUT2D eigenvalue weighted by atomic mass is 10.3. The molecule has 1 rings (SSSR count). The maximum absolute atomic E-state index is 11.2. The summed E-state index contributed by atoms with van der Waals surface area (Å²) in [5, 5.41) is 17.1. The molecule has 0 radical (unpaired) electrons. The topological polar surface area (TPSA) is 111 Å². The Balaban J connectivity index is 2.87. The largest absolute Gasteiger partial charge is 0.382 e. The molecular weight excluding hydrogens is 278 g/mol. The van der Waals surface area contributed by atoms with Gasteiger partial charge in [0.1, 0.15) is 6.33 Å². The Labute approximate surface area is 123 Å². The third kappa shape index (κ3) is 5.12. The Hall–Kier alpha value is -2.00. The van der Waals surface area contributed by atoms with Crippen molar-refractivity contribution >= 4 is 17.3 Å². The maximum Gasteiger partial charge on any atom is 0.353 e. The van der Waals surface area contributed by atoms with Crippen LogP contribution in [-0.4, -0.2) is 54.9 Å². The van der Waals surface area contributed by atoms with E-state index in [4.69, 9.17) is 9.47 Å².